The number of hydrogen-bond donors (Lipinski definition) is 2. The zero-order valence-electron chi connectivity index (χ0n) is 20.1. The lowest BCUT2D eigenvalue weighted by molar-refractivity contribution is 0.0906. The number of nitrogens with zero attached hydrogens (tertiary/aromatic N) is 2. The fourth-order valence-electron chi connectivity index (χ4n) is 4.18. The van der Waals surface area contributed by atoms with Gasteiger partial charge in [-0.25, -0.2) is 4.39 Å². The number of rotatable bonds is 7. The molecule has 1 aliphatic heterocycles. The average molecular weight is 475 g/mol. The molecule has 0 spiro atoms. The number of hydrogen-bond acceptors (Lipinski definition) is 4. The normalized spacial score (nSPS) is 15.4. The SMILES string of the molecule is Cc1ccc(C(=O)NC(CN2CCN(C)CC2)c2ccccc2)cc1NC(=O)c1ccccc1F. The molecular formula is C28H31FN4O2. The number of nitrogens with one attached hydrogen (secondary N) is 2. The highest BCUT2D eigenvalue weighted by Gasteiger charge is 2.22. The Hall–Kier alpha value is -3.55. The molecule has 0 aromatic heterocycles. The molecule has 0 bridgehead atoms. The number of aryl methyl sites for hydroxylation is 1. The third-order valence-electron chi connectivity index (χ3n) is 6.41. The molecule has 1 saturated heterocycles. The van der Waals surface area contributed by atoms with Crippen LogP contribution in [0.4, 0.5) is 10.1 Å². The van der Waals surface area contributed by atoms with Gasteiger partial charge in [0, 0.05) is 44.0 Å². The summed E-state index contributed by atoms with van der Waals surface area (Å²) in [4.78, 5) is 30.6. The Morgan fingerprint density at radius 1 is 0.914 bits per heavy atom. The number of anilines is 1. The topological polar surface area (TPSA) is 64.7 Å². The van der Waals surface area contributed by atoms with Gasteiger partial charge in [0.1, 0.15) is 5.82 Å². The molecule has 2 N–H and O–H groups in total. The summed E-state index contributed by atoms with van der Waals surface area (Å²) in [6.45, 7) is 6.45. The van der Waals surface area contributed by atoms with Crippen LogP contribution in [0.1, 0.15) is 37.9 Å². The Bertz CT molecular complexity index is 1180. The van der Waals surface area contributed by atoms with Gasteiger partial charge in [0.2, 0.25) is 0 Å². The molecule has 7 heteroatoms. The van der Waals surface area contributed by atoms with Crippen LogP contribution < -0.4 is 10.6 Å². The van der Waals surface area contributed by atoms with Crippen molar-refractivity contribution in [1.82, 2.24) is 15.1 Å². The number of likely N-dealkylation sites (N-methyl/N-ethyl adjacent to an activating group) is 1. The van der Waals surface area contributed by atoms with Gasteiger partial charge in [-0.05, 0) is 49.4 Å². The molecule has 0 aliphatic carbocycles. The maximum Gasteiger partial charge on any atom is 0.258 e. The molecule has 182 valence electrons. The lowest BCUT2D eigenvalue weighted by atomic mass is 10.0. The molecule has 1 atom stereocenters. The second-order valence-electron chi connectivity index (χ2n) is 9.00. The van der Waals surface area contributed by atoms with E-state index in [9.17, 15) is 14.0 Å². The van der Waals surface area contributed by atoms with Crippen LogP contribution in [-0.2, 0) is 0 Å². The Balaban J connectivity index is 1.51. The molecule has 35 heavy (non-hydrogen) atoms. The Morgan fingerprint density at radius 2 is 1.60 bits per heavy atom. The molecule has 1 aliphatic rings. The Kier molecular flexibility index (Phi) is 7.90. The fourth-order valence-corrected chi connectivity index (χ4v) is 4.18. The van der Waals surface area contributed by atoms with E-state index in [4.69, 9.17) is 0 Å². The highest BCUT2D eigenvalue weighted by atomic mass is 19.1. The largest absolute Gasteiger partial charge is 0.344 e. The van der Waals surface area contributed by atoms with Gasteiger partial charge in [0.25, 0.3) is 11.8 Å². The van der Waals surface area contributed by atoms with Crippen molar-refractivity contribution in [3.63, 3.8) is 0 Å². The third-order valence-corrected chi connectivity index (χ3v) is 6.41. The van der Waals surface area contributed by atoms with Crippen molar-refractivity contribution >= 4 is 17.5 Å². The van der Waals surface area contributed by atoms with E-state index in [2.05, 4.69) is 27.5 Å². The second kappa shape index (κ2) is 11.3. The molecule has 4 rings (SSSR count). The van der Waals surface area contributed by atoms with E-state index >= 15 is 0 Å². The zero-order valence-corrected chi connectivity index (χ0v) is 20.1. The molecule has 1 heterocycles. The number of carbonyl (C=O) groups is 2. The van der Waals surface area contributed by atoms with E-state index in [0.29, 0.717) is 17.8 Å². The minimum Gasteiger partial charge on any atom is -0.344 e. The van der Waals surface area contributed by atoms with Crippen molar-refractivity contribution in [3.8, 4) is 0 Å². The minimum absolute atomic E-state index is 0.0435. The highest BCUT2D eigenvalue weighted by molar-refractivity contribution is 6.05. The van der Waals surface area contributed by atoms with Crippen LogP contribution in [0, 0.1) is 12.7 Å². The third kappa shape index (κ3) is 6.32. The van der Waals surface area contributed by atoms with Gasteiger partial charge in [0.15, 0.2) is 0 Å². The van der Waals surface area contributed by atoms with Gasteiger partial charge >= 0.3 is 0 Å². The zero-order chi connectivity index (χ0) is 24.8. The standard InChI is InChI=1S/C28H31FN4O2/c1-20-12-13-22(18-25(20)30-28(35)23-10-6-7-11-24(23)29)27(34)31-26(21-8-4-3-5-9-21)19-33-16-14-32(2)15-17-33/h3-13,18,26H,14-17,19H2,1-2H3,(H,30,35)(H,31,34). The van der Waals surface area contributed by atoms with Gasteiger partial charge in [-0.2, -0.15) is 0 Å². The van der Waals surface area contributed by atoms with E-state index < -0.39 is 11.7 Å². The summed E-state index contributed by atoms with van der Waals surface area (Å²) < 4.78 is 14.0. The maximum atomic E-state index is 14.0. The van der Waals surface area contributed by atoms with E-state index in [1.807, 2.05) is 37.3 Å². The van der Waals surface area contributed by atoms with E-state index in [1.165, 1.54) is 18.2 Å². The lowest BCUT2D eigenvalue weighted by Gasteiger charge is -2.35. The van der Waals surface area contributed by atoms with Crippen LogP contribution in [0.25, 0.3) is 0 Å². The van der Waals surface area contributed by atoms with Crippen LogP contribution in [-0.4, -0.2) is 61.4 Å². The van der Waals surface area contributed by atoms with Crippen LogP contribution in [0.2, 0.25) is 0 Å². The second-order valence-corrected chi connectivity index (χ2v) is 9.00. The van der Waals surface area contributed by atoms with Crippen molar-refractivity contribution in [1.29, 1.82) is 0 Å². The molecule has 1 unspecified atom stereocenters. The van der Waals surface area contributed by atoms with Crippen LogP contribution in [0.5, 0.6) is 0 Å². The van der Waals surface area contributed by atoms with E-state index in [0.717, 1.165) is 37.3 Å². The molecule has 3 aromatic rings. The first kappa shape index (κ1) is 24.6. The van der Waals surface area contributed by atoms with Crippen molar-refractivity contribution in [2.45, 2.75) is 13.0 Å². The minimum atomic E-state index is -0.592. The fraction of sp³-hybridized carbons (Fsp3) is 0.286. The van der Waals surface area contributed by atoms with Gasteiger partial charge in [-0.3, -0.25) is 14.5 Å². The van der Waals surface area contributed by atoms with Crippen molar-refractivity contribution < 1.29 is 14.0 Å². The van der Waals surface area contributed by atoms with Gasteiger partial charge in [-0.1, -0.05) is 48.5 Å². The van der Waals surface area contributed by atoms with Gasteiger partial charge in [-0.15, -0.1) is 0 Å². The van der Waals surface area contributed by atoms with Gasteiger partial charge in [0.05, 0.1) is 11.6 Å². The summed E-state index contributed by atoms with van der Waals surface area (Å²) >= 11 is 0. The Labute approximate surface area is 205 Å². The van der Waals surface area contributed by atoms with E-state index in [-0.39, 0.29) is 17.5 Å². The number of halogens is 1. The molecule has 6 nitrogen and oxygen atoms in total. The predicted molar refractivity (Wildman–Crippen MR) is 136 cm³/mol. The van der Waals surface area contributed by atoms with Crippen molar-refractivity contribution in [3.05, 3.63) is 101 Å². The number of piperazine rings is 1. The van der Waals surface area contributed by atoms with Gasteiger partial charge < -0.3 is 15.5 Å². The molecule has 2 amide bonds. The Morgan fingerprint density at radius 3 is 2.31 bits per heavy atom. The number of carbonyl (C=O) groups excluding carboxylic acids is 2. The number of benzene rings is 3. The van der Waals surface area contributed by atoms with Crippen molar-refractivity contribution in [2.75, 3.05) is 45.1 Å². The van der Waals surface area contributed by atoms with E-state index in [1.54, 1.807) is 24.3 Å². The quantitative estimate of drug-likeness (QED) is 0.541. The summed E-state index contributed by atoms with van der Waals surface area (Å²) in [7, 11) is 2.12. The first-order valence-electron chi connectivity index (χ1n) is 11.8. The molecule has 1 fully saturated rings. The monoisotopic (exact) mass is 474 g/mol. The summed E-state index contributed by atoms with van der Waals surface area (Å²) in [5, 5.41) is 5.93. The molecular weight excluding hydrogens is 443 g/mol. The first-order valence-corrected chi connectivity index (χ1v) is 11.8. The molecule has 0 saturated carbocycles. The van der Waals surface area contributed by atoms with Crippen LogP contribution in [0.15, 0.2) is 72.8 Å². The smallest absolute Gasteiger partial charge is 0.258 e. The van der Waals surface area contributed by atoms with Crippen LogP contribution in [0.3, 0.4) is 0 Å². The summed E-state index contributed by atoms with van der Waals surface area (Å²) in [5.41, 5.74) is 2.68. The lowest BCUT2D eigenvalue weighted by Crippen LogP contribution is -2.47. The summed E-state index contributed by atoms with van der Waals surface area (Å²) in [6.07, 6.45) is 0. The molecule has 3 aromatic carbocycles. The highest BCUT2D eigenvalue weighted by Crippen LogP contribution is 2.21. The molecule has 0 radical (unpaired) electrons. The predicted octanol–water partition coefficient (Wildman–Crippen LogP) is 4.10. The summed E-state index contributed by atoms with van der Waals surface area (Å²) in [5.74, 6) is -1.37. The first-order chi connectivity index (χ1) is 16.9. The summed E-state index contributed by atoms with van der Waals surface area (Å²) in [6, 6.07) is 20.8. The van der Waals surface area contributed by atoms with Crippen molar-refractivity contribution in [2.24, 2.45) is 0 Å². The number of amides is 2. The average Bonchev–Trinajstić information content (AvgIpc) is 2.87. The maximum absolute atomic E-state index is 14.0. The van der Waals surface area contributed by atoms with Crippen LogP contribution >= 0.6 is 0 Å².